The third-order valence-corrected chi connectivity index (χ3v) is 5.53. The molecule has 2 aliphatic rings. The fourth-order valence-electron chi connectivity index (χ4n) is 2.94. The van der Waals surface area contributed by atoms with Crippen molar-refractivity contribution in [3.05, 3.63) is 23.8 Å². The van der Waals surface area contributed by atoms with Gasteiger partial charge in [-0.15, -0.1) is 5.10 Å². The molecule has 2 saturated heterocycles. The van der Waals surface area contributed by atoms with Crippen LogP contribution in [0.25, 0.3) is 0 Å². The van der Waals surface area contributed by atoms with E-state index in [1.54, 1.807) is 32.6 Å². The number of hydrogen-bond donors (Lipinski definition) is 2. The topological polar surface area (TPSA) is 111 Å². The Morgan fingerprint density at radius 3 is 2.93 bits per heavy atom. The number of amidine groups is 1. The van der Waals surface area contributed by atoms with E-state index in [0.29, 0.717) is 23.2 Å². The summed E-state index contributed by atoms with van der Waals surface area (Å²) in [5, 5.41) is 13.3. The summed E-state index contributed by atoms with van der Waals surface area (Å²) in [5.41, 5.74) is 0.770. The SMILES string of the molecule is COc1ccc(/C=N\N=C2/NC(=O)[C@H](CC(=O)NC[C@@H]3CCCO3)S2)cc1OC. The second kappa shape index (κ2) is 10.3. The van der Waals surface area contributed by atoms with Crippen LogP contribution in [0.3, 0.4) is 0 Å². The lowest BCUT2D eigenvalue weighted by atomic mass is 10.2. The van der Waals surface area contributed by atoms with Crippen molar-refractivity contribution in [3.63, 3.8) is 0 Å². The summed E-state index contributed by atoms with van der Waals surface area (Å²) in [4.78, 5) is 24.1. The zero-order chi connectivity index (χ0) is 20.6. The van der Waals surface area contributed by atoms with Gasteiger partial charge in [0.2, 0.25) is 11.8 Å². The van der Waals surface area contributed by atoms with Crippen LogP contribution in [-0.2, 0) is 14.3 Å². The highest BCUT2D eigenvalue weighted by Crippen LogP contribution is 2.27. The summed E-state index contributed by atoms with van der Waals surface area (Å²) in [6.45, 7) is 1.22. The number of ether oxygens (including phenoxy) is 3. The lowest BCUT2D eigenvalue weighted by Gasteiger charge is -2.11. The highest BCUT2D eigenvalue weighted by Gasteiger charge is 2.32. The van der Waals surface area contributed by atoms with Gasteiger partial charge >= 0.3 is 0 Å². The van der Waals surface area contributed by atoms with Crippen molar-refractivity contribution in [2.24, 2.45) is 10.2 Å². The number of nitrogens with one attached hydrogen (secondary N) is 2. The van der Waals surface area contributed by atoms with E-state index in [2.05, 4.69) is 20.8 Å². The first kappa shape index (κ1) is 21.1. The van der Waals surface area contributed by atoms with Gasteiger partial charge in [-0.25, -0.2) is 0 Å². The minimum Gasteiger partial charge on any atom is -0.493 e. The maximum atomic E-state index is 12.1. The average molecular weight is 420 g/mol. The molecule has 0 unspecified atom stereocenters. The molecule has 2 fully saturated rings. The van der Waals surface area contributed by atoms with Crippen LogP contribution < -0.4 is 20.1 Å². The van der Waals surface area contributed by atoms with Gasteiger partial charge in [-0.3, -0.25) is 9.59 Å². The van der Waals surface area contributed by atoms with Crippen LogP contribution in [0.2, 0.25) is 0 Å². The van der Waals surface area contributed by atoms with Crippen molar-refractivity contribution in [1.82, 2.24) is 10.6 Å². The van der Waals surface area contributed by atoms with E-state index in [4.69, 9.17) is 14.2 Å². The highest BCUT2D eigenvalue weighted by atomic mass is 32.2. The lowest BCUT2D eigenvalue weighted by Crippen LogP contribution is -2.35. The van der Waals surface area contributed by atoms with Crippen LogP contribution in [0.1, 0.15) is 24.8 Å². The van der Waals surface area contributed by atoms with E-state index < -0.39 is 5.25 Å². The minimum absolute atomic E-state index is 0.0760. The Labute approximate surface area is 173 Å². The van der Waals surface area contributed by atoms with Crippen molar-refractivity contribution in [1.29, 1.82) is 0 Å². The van der Waals surface area contributed by atoms with Gasteiger partial charge < -0.3 is 24.8 Å². The molecule has 0 bridgehead atoms. The molecule has 1 aromatic rings. The fourth-order valence-corrected chi connectivity index (χ4v) is 3.87. The van der Waals surface area contributed by atoms with E-state index in [1.165, 1.54) is 11.8 Å². The molecule has 0 saturated carbocycles. The number of benzene rings is 1. The predicted molar refractivity (Wildman–Crippen MR) is 111 cm³/mol. The molecule has 2 atom stereocenters. The third kappa shape index (κ3) is 5.94. The quantitative estimate of drug-likeness (QED) is 0.485. The first-order valence-corrected chi connectivity index (χ1v) is 10.2. The molecule has 9 nitrogen and oxygen atoms in total. The van der Waals surface area contributed by atoms with E-state index in [1.807, 2.05) is 6.07 Å². The summed E-state index contributed by atoms with van der Waals surface area (Å²) in [5.74, 6) is 0.780. The molecule has 10 heteroatoms. The number of nitrogens with zero attached hydrogens (tertiary/aromatic N) is 2. The molecule has 2 heterocycles. The first-order valence-electron chi connectivity index (χ1n) is 9.28. The molecule has 1 aromatic carbocycles. The number of thioether (sulfide) groups is 1. The number of rotatable bonds is 8. The van der Waals surface area contributed by atoms with E-state index >= 15 is 0 Å². The number of methoxy groups -OCH3 is 2. The molecule has 29 heavy (non-hydrogen) atoms. The molecule has 0 spiro atoms. The summed E-state index contributed by atoms with van der Waals surface area (Å²) < 4.78 is 15.9. The zero-order valence-corrected chi connectivity index (χ0v) is 17.2. The maximum absolute atomic E-state index is 12.1. The Balaban J connectivity index is 1.50. The van der Waals surface area contributed by atoms with Gasteiger partial charge in [-0.05, 0) is 36.6 Å². The standard InChI is InChI=1S/C19H24N4O5S/c1-26-14-6-5-12(8-15(14)27-2)10-21-23-19-22-18(25)16(29-19)9-17(24)20-11-13-4-3-7-28-13/h5-6,8,10,13,16H,3-4,7,9,11H2,1-2H3,(H,20,24)(H,22,23,25)/b21-10-/t13-,16-/m0/s1. The molecule has 0 aliphatic carbocycles. The molecule has 2 amide bonds. The van der Waals surface area contributed by atoms with Gasteiger partial charge in [-0.2, -0.15) is 5.10 Å². The van der Waals surface area contributed by atoms with Gasteiger partial charge in [0.1, 0.15) is 5.25 Å². The van der Waals surface area contributed by atoms with E-state index in [-0.39, 0.29) is 24.3 Å². The average Bonchev–Trinajstić information content (AvgIpc) is 3.36. The zero-order valence-electron chi connectivity index (χ0n) is 16.3. The summed E-state index contributed by atoms with van der Waals surface area (Å²) in [6.07, 6.45) is 3.68. The van der Waals surface area contributed by atoms with E-state index in [0.717, 1.165) is 25.0 Å². The monoisotopic (exact) mass is 420 g/mol. The molecular weight excluding hydrogens is 396 g/mol. The predicted octanol–water partition coefficient (Wildman–Crippen LogP) is 1.31. The number of carbonyl (C=O) groups excluding carboxylic acids is 2. The first-order chi connectivity index (χ1) is 14.1. The minimum atomic E-state index is -0.519. The Kier molecular flexibility index (Phi) is 7.48. The Morgan fingerprint density at radius 1 is 1.38 bits per heavy atom. The molecule has 2 aliphatic heterocycles. The van der Waals surface area contributed by atoms with Crippen molar-refractivity contribution in [2.45, 2.75) is 30.6 Å². The summed E-state index contributed by atoms with van der Waals surface area (Å²) >= 11 is 1.19. The number of hydrogen-bond acceptors (Lipinski definition) is 8. The Morgan fingerprint density at radius 2 is 2.21 bits per heavy atom. The van der Waals surface area contributed by atoms with Crippen LogP contribution in [0.5, 0.6) is 11.5 Å². The molecular formula is C19H24N4O5S. The fraction of sp³-hybridized carbons (Fsp3) is 0.474. The van der Waals surface area contributed by atoms with Crippen molar-refractivity contribution < 1.29 is 23.8 Å². The summed E-state index contributed by atoms with van der Waals surface area (Å²) in [7, 11) is 3.12. The van der Waals surface area contributed by atoms with Crippen LogP contribution in [0, 0.1) is 0 Å². The van der Waals surface area contributed by atoms with Crippen LogP contribution in [0.15, 0.2) is 28.4 Å². The number of carbonyl (C=O) groups is 2. The lowest BCUT2D eigenvalue weighted by molar-refractivity contribution is -0.125. The van der Waals surface area contributed by atoms with Crippen molar-refractivity contribution >= 4 is 35.0 Å². The second-order valence-electron chi connectivity index (χ2n) is 6.50. The smallest absolute Gasteiger partial charge is 0.240 e. The second-order valence-corrected chi connectivity index (χ2v) is 7.69. The van der Waals surface area contributed by atoms with Crippen LogP contribution in [-0.4, -0.2) is 61.9 Å². The molecule has 3 rings (SSSR count). The highest BCUT2D eigenvalue weighted by molar-refractivity contribution is 8.15. The Bertz CT molecular complexity index is 808. The van der Waals surface area contributed by atoms with Crippen LogP contribution in [0.4, 0.5) is 0 Å². The maximum Gasteiger partial charge on any atom is 0.240 e. The van der Waals surface area contributed by atoms with Gasteiger partial charge in [0.15, 0.2) is 16.7 Å². The molecule has 0 aromatic heterocycles. The van der Waals surface area contributed by atoms with Gasteiger partial charge in [0.25, 0.3) is 0 Å². The number of amides is 2. The molecule has 156 valence electrons. The van der Waals surface area contributed by atoms with Gasteiger partial charge in [0, 0.05) is 19.6 Å². The van der Waals surface area contributed by atoms with E-state index in [9.17, 15) is 9.59 Å². The van der Waals surface area contributed by atoms with Crippen molar-refractivity contribution in [3.8, 4) is 11.5 Å². The van der Waals surface area contributed by atoms with Gasteiger partial charge in [-0.1, -0.05) is 11.8 Å². The molecule has 0 radical (unpaired) electrons. The normalized spacial score (nSPS) is 22.8. The largest absolute Gasteiger partial charge is 0.493 e. The molecule has 2 N–H and O–H groups in total. The van der Waals surface area contributed by atoms with Crippen LogP contribution >= 0.6 is 11.8 Å². The van der Waals surface area contributed by atoms with Gasteiger partial charge in [0.05, 0.1) is 26.5 Å². The van der Waals surface area contributed by atoms with Crippen molar-refractivity contribution in [2.75, 3.05) is 27.4 Å². The Hall–Kier alpha value is -2.59. The third-order valence-electron chi connectivity index (χ3n) is 4.46. The summed E-state index contributed by atoms with van der Waals surface area (Å²) in [6, 6.07) is 5.35.